The third-order valence-electron chi connectivity index (χ3n) is 3.43. The molecule has 0 fully saturated rings. The van der Waals surface area contributed by atoms with Gasteiger partial charge < -0.3 is 4.57 Å². The first kappa shape index (κ1) is 10.9. The van der Waals surface area contributed by atoms with Crippen molar-refractivity contribution in [1.29, 1.82) is 0 Å². The van der Waals surface area contributed by atoms with Crippen LogP contribution < -0.4 is 0 Å². The van der Waals surface area contributed by atoms with E-state index < -0.39 is 0 Å². The average molecular weight is 233 g/mol. The van der Waals surface area contributed by atoms with Crippen LogP contribution in [0, 0.1) is 26.2 Å². The van der Waals surface area contributed by atoms with Crippen LogP contribution in [0.4, 0.5) is 0 Å². The minimum atomic E-state index is 0.617. The van der Waals surface area contributed by atoms with Gasteiger partial charge in [0, 0.05) is 21.8 Å². The van der Waals surface area contributed by atoms with Crippen LogP contribution in [0.5, 0.6) is 0 Å². The lowest BCUT2D eigenvalue weighted by Gasteiger charge is -2.02. The molecule has 0 N–H and O–H groups in total. The van der Waals surface area contributed by atoms with Gasteiger partial charge in [-0.1, -0.05) is 29.2 Å². The first-order chi connectivity index (χ1) is 8.70. The van der Waals surface area contributed by atoms with E-state index in [-0.39, 0.29) is 0 Å². The fourth-order valence-corrected chi connectivity index (χ4v) is 2.59. The van der Waals surface area contributed by atoms with Crippen LogP contribution >= 0.6 is 0 Å². The second-order valence-electron chi connectivity index (χ2n) is 4.83. The van der Waals surface area contributed by atoms with Gasteiger partial charge in [-0.05, 0) is 38.1 Å². The average Bonchev–Trinajstić information content (AvgIpc) is 2.64. The second kappa shape index (κ2) is 3.92. The summed E-state index contributed by atoms with van der Waals surface area (Å²) >= 11 is 0. The van der Waals surface area contributed by atoms with E-state index in [1.165, 1.54) is 32.9 Å². The van der Waals surface area contributed by atoms with Crippen molar-refractivity contribution in [1.82, 2.24) is 4.57 Å². The first-order valence-electron chi connectivity index (χ1n) is 6.13. The van der Waals surface area contributed by atoms with Gasteiger partial charge in [-0.3, -0.25) is 0 Å². The zero-order valence-corrected chi connectivity index (χ0v) is 10.7. The lowest BCUT2D eigenvalue weighted by molar-refractivity contribution is 0.924. The summed E-state index contributed by atoms with van der Waals surface area (Å²) in [6, 6.07) is 13.1. The molecule has 1 heteroatoms. The number of terminal acetylenes is 1. The highest BCUT2D eigenvalue weighted by Crippen LogP contribution is 2.30. The highest BCUT2D eigenvalue weighted by atomic mass is 15.0. The van der Waals surface area contributed by atoms with Gasteiger partial charge in [-0.15, -0.1) is 6.42 Å². The maximum atomic E-state index is 5.49. The van der Waals surface area contributed by atoms with Crippen LogP contribution in [0.1, 0.15) is 11.1 Å². The summed E-state index contributed by atoms with van der Waals surface area (Å²) in [7, 11) is 0. The number of hydrogen-bond donors (Lipinski definition) is 0. The zero-order chi connectivity index (χ0) is 12.7. The van der Waals surface area contributed by atoms with Gasteiger partial charge in [0.1, 0.15) is 0 Å². The van der Waals surface area contributed by atoms with E-state index in [9.17, 15) is 0 Å². The number of aromatic nitrogens is 1. The van der Waals surface area contributed by atoms with E-state index in [2.05, 4.69) is 60.7 Å². The van der Waals surface area contributed by atoms with Crippen LogP contribution in [-0.2, 0) is 6.54 Å². The van der Waals surface area contributed by atoms with Crippen molar-refractivity contribution in [3.8, 4) is 12.3 Å². The Morgan fingerprint density at radius 1 is 0.944 bits per heavy atom. The van der Waals surface area contributed by atoms with E-state index in [1.54, 1.807) is 0 Å². The Kier molecular flexibility index (Phi) is 2.38. The predicted molar refractivity (Wildman–Crippen MR) is 77.8 cm³/mol. The Bertz CT molecular complexity index is 725. The Balaban J connectivity index is 2.53. The fourth-order valence-electron chi connectivity index (χ4n) is 2.59. The molecule has 0 atom stereocenters. The number of rotatable bonds is 1. The normalized spacial score (nSPS) is 10.9. The summed E-state index contributed by atoms with van der Waals surface area (Å²) in [4.78, 5) is 0. The molecule has 0 aliphatic heterocycles. The van der Waals surface area contributed by atoms with Crippen LogP contribution in [0.2, 0.25) is 0 Å². The topological polar surface area (TPSA) is 4.93 Å². The van der Waals surface area contributed by atoms with E-state index in [0.29, 0.717) is 6.54 Å². The highest BCUT2D eigenvalue weighted by molar-refractivity contribution is 6.08. The van der Waals surface area contributed by atoms with Crippen molar-refractivity contribution in [2.24, 2.45) is 0 Å². The van der Waals surface area contributed by atoms with Gasteiger partial charge in [0.15, 0.2) is 0 Å². The number of nitrogens with zero attached hydrogens (tertiary/aromatic N) is 1. The molecule has 0 bridgehead atoms. The standard InChI is InChI=1S/C17H15N/c1-4-9-18-16-7-5-12(2)10-14(16)15-11-13(3)6-8-17(15)18/h1,5-8,10-11H,9H2,2-3H3. The maximum absolute atomic E-state index is 5.49. The molecule has 1 aromatic heterocycles. The third kappa shape index (κ3) is 1.50. The summed E-state index contributed by atoms with van der Waals surface area (Å²) in [5, 5.41) is 2.59. The van der Waals surface area contributed by atoms with Gasteiger partial charge in [-0.25, -0.2) is 0 Å². The zero-order valence-electron chi connectivity index (χ0n) is 10.7. The van der Waals surface area contributed by atoms with Crippen molar-refractivity contribution in [3.05, 3.63) is 47.5 Å². The van der Waals surface area contributed by atoms with Gasteiger partial charge in [0.25, 0.3) is 0 Å². The Labute approximate surface area is 107 Å². The molecule has 0 unspecified atom stereocenters. The largest absolute Gasteiger partial charge is 0.329 e. The number of aryl methyl sites for hydroxylation is 2. The SMILES string of the molecule is C#CCn1c2ccc(C)cc2c2cc(C)ccc21. The molecule has 0 saturated carbocycles. The molecule has 0 amide bonds. The summed E-state index contributed by atoms with van der Waals surface area (Å²) in [5.74, 6) is 2.75. The van der Waals surface area contributed by atoms with Gasteiger partial charge in [-0.2, -0.15) is 0 Å². The minimum Gasteiger partial charge on any atom is -0.329 e. The van der Waals surface area contributed by atoms with Crippen molar-refractivity contribution in [2.75, 3.05) is 0 Å². The van der Waals surface area contributed by atoms with E-state index in [0.717, 1.165) is 0 Å². The molecule has 2 aromatic carbocycles. The fraction of sp³-hybridized carbons (Fsp3) is 0.176. The number of benzene rings is 2. The van der Waals surface area contributed by atoms with Crippen molar-refractivity contribution < 1.29 is 0 Å². The quantitative estimate of drug-likeness (QED) is 0.559. The third-order valence-corrected chi connectivity index (χ3v) is 3.43. The number of hydrogen-bond acceptors (Lipinski definition) is 0. The summed E-state index contributed by atoms with van der Waals surface area (Å²) in [6.07, 6.45) is 5.49. The lowest BCUT2D eigenvalue weighted by atomic mass is 10.1. The molecule has 0 saturated heterocycles. The van der Waals surface area contributed by atoms with Gasteiger partial charge >= 0.3 is 0 Å². The summed E-state index contributed by atoms with van der Waals surface area (Å²) < 4.78 is 2.21. The molecule has 18 heavy (non-hydrogen) atoms. The molecule has 3 aromatic rings. The summed E-state index contributed by atoms with van der Waals surface area (Å²) in [5.41, 5.74) is 5.01. The van der Waals surface area contributed by atoms with E-state index >= 15 is 0 Å². The second-order valence-corrected chi connectivity index (χ2v) is 4.83. The molecule has 0 radical (unpaired) electrons. The van der Waals surface area contributed by atoms with Gasteiger partial charge in [0.2, 0.25) is 0 Å². The van der Waals surface area contributed by atoms with E-state index in [1.807, 2.05) is 0 Å². The van der Waals surface area contributed by atoms with Crippen molar-refractivity contribution >= 4 is 21.8 Å². The lowest BCUT2D eigenvalue weighted by Crippen LogP contribution is -1.94. The van der Waals surface area contributed by atoms with Crippen LogP contribution in [0.25, 0.3) is 21.8 Å². The number of fused-ring (bicyclic) bond motifs is 3. The predicted octanol–water partition coefficient (Wildman–Crippen LogP) is 4.04. The molecule has 88 valence electrons. The van der Waals surface area contributed by atoms with Crippen LogP contribution in [0.15, 0.2) is 36.4 Å². The Morgan fingerprint density at radius 3 is 1.89 bits per heavy atom. The molecule has 3 rings (SSSR count). The van der Waals surface area contributed by atoms with Crippen molar-refractivity contribution in [2.45, 2.75) is 20.4 Å². The Morgan fingerprint density at radius 2 is 1.44 bits per heavy atom. The first-order valence-corrected chi connectivity index (χ1v) is 6.13. The molecular weight excluding hydrogens is 218 g/mol. The summed E-state index contributed by atoms with van der Waals surface area (Å²) in [6.45, 7) is 4.87. The van der Waals surface area contributed by atoms with Crippen LogP contribution in [-0.4, -0.2) is 4.57 Å². The maximum Gasteiger partial charge on any atom is 0.0841 e. The molecule has 1 nitrogen and oxygen atoms in total. The highest BCUT2D eigenvalue weighted by Gasteiger charge is 2.09. The molecule has 0 aliphatic carbocycles. The minimum absolute atomic E-state index is 0.617. The molecule has 0 aliphatic rings. The molecule has 1 heterocycles. The Hall–Kier alpha value is -2.20. The van der Waals surface area contributed by atoms with Crippen LogP contribution in [0.3, 0.4) is 0 Å². The molecule has 0 spiro atoms. The van der Waals surface area contributed by atoms with Gasteiger partial charge in [0.05, 0.1) is 6.54 Å². The smallest absolute Gasteiger partial charge is 0.0841 e. The molecular formula is C17H15N. The van der Waals surface area contributed by atoms with Crippen molar-refractivity contribution in [3.63, 3.8) is 0 Å². The van der Waals surface area contributed by atoms with E-state index in [4.69, 9.17) is 6.42 Å². The monoisotopic (exact) mass is 233 g/mol.